The smallest absolute Gasteiger partial charge is 0.160 e. The molecule has 2 heterocycles. The van der Waals surface area contributed by atoms with Crippen LogP contribution in [-0.2, 0) is 5.41 Å². The molecule has 0 aliphatic heterocycles. The average molecular weight is 713 g/mol. The number of hydrogen-bond donors (Lipinski definition) is 0. The molecule has 0 amide bonds. The molecule has 0 N–H and O–H groups in total. The molecule has 56 heavy (non-hydrogen) atoms. The van der Waals surface area contributed by atoms with Crippen LogP contribution in [-0.4, -0.2) is 9.97 Å². The summed E-state index contributed by atoms with van der Waals surface area (Å²) >= 11 is 0. The topological polar surface area (TPSA) is 38.9 Å². The van der Waals surface area contributed by atoms with Gasteiger partial charge >= 0.3 is 0 Å². The highest BCUT2D eigenvalue weighted by atomic mass is 16.3. The van der Waals surface area contributed by atoms with Crippen molar-refractivity contribution in [3.8, 4) is 67.3 Å². The van der Waals surface area contributed by atoms with E-state index in [0.717, 1.165) is 50.0 Å². The number of hydrogen-bond acceptors (Lipinski definition) is 3. The van der Waals surface area contributed by atoms with Crippen molar-refractivity contribution in [1.82, 2.24) is 9.97 Å². The van der Waals surface area contributed by atoms with Crippen LogP contribution in [0.25, 0.3) is 89.2 Å². The highest BCUT2D eigenvalue weighted by molar-refractivity contribution is 6.06. The minimum absolute atomic E-state index is 0.583. The summed E-state index contributed by atoms with van der Waals surface area (Å²) in [7, 11) is 0. The maximum atomic E-state index is 6.34. The van der Waals surface area contributed by atoms with Crippen molar-refractivity contribution in [2.45, 2.75) is 5.41 Å². The fourth-order valence-electron chi connectivity index (χ4n) is 9.55. The SMILES string of the molecule is c1ccc(-c2cc(-c3ccc4c(c3)oc3ccccc34)nc(-c3ccc4c(c3)C3(c5ccccc5-c5ccccc5-c5ccccc53)c3ccccc3-4)n2)cc1. The minimum Gasteiger partial charge on any atom is -0.456 e. The summed E-state index contributed by atoms with van der Waals surface area (Å²) in [5, 5.41) is 2.21. The molecule has 0 unspecified atom stereocenters. The van der Waals surface area contributed by atoms with Crippen molar-refractivity contribution in [3.05, 3.63) is 216 Å². The molecule has 1 spiro atoms. The van der Waals surface area contributed by atoms with Crippen LogP contribution in [0.3, 0.4) is 0 Å². The highest BCUT2D eigenvalue weighted by Gasteiger charge is 2.49. The van der Waals surface area contributed by atoms with Crippen molar-refractivity contribution in [3.63, 3.8) is 0 Å². The van der Waals surface area contributed by atoms with Crippen molar-refractivity contribution in [1.29, 1.82) is 0 Å². The van der Waals surface area contributed by atoms with Gasteiger partial charge in [0.2, 0.25) is 0 Å². The van der Waals surface area contributed by atoms with Gasteiger partial charge in [-0.3, -0.25) is 0 Å². The number of benzene rings is 8. The first-order valence-electron chi connectivity index (χ1n) is 19.2. The van der Waals surface area contributed by atoms with Gasteiger partial charge in [-0.1, -0.05) is 164 Å². The third-order valence-electron chi connectivity index (χ3n) is 11.9. The van der Waals surface area contributed by atoms with E-state index in [-0.39, 0.29) is 0 Å². The highest BCUT2D eigenvalue weighted by Crippen LogP contribution is 2.61. The fraction of sp³-hybridized carbons (Fsp3) is 0.0189. The van der Waals surface area contributed by atoms with E-state index in [1.165, 1.54) is 55.6 Å². The monoisotopic (exact) mass is 712 g/mol. The van der Waals surface area contributed by atoms with E-state index < -0.39 is 5.41 Å². The van der Waals surface area contributed by atoms with Gasteiger partial charge in [0, 0.05) is 27.5 Å². The van der Waals surface area contributed by atoms with E-state index in [0.29, 0.717) is 5.82 Å². The predicted octanol–water partition coefficient (Wildman–Crippen LogP) is 13.4. The molecule has 260 valence electrons. The van der Waals surface area contributed by atoms with Gasteiger partial charge < -0.3 is 4.42 Å². The Hall–Kier alpha value is -7.36. The first-order chi connectivity index (χ1) is 27.8. The molecule has 3 heteroatoms. The Balaban J connectivity index is 1.13. The summed E-state index contributed by atoms with van der Waals surface area (Å²) in [6.45, 7) is 0. The largest absolute Gasteiger partial charge is 0.456 e. The lowest BCUT2D eigenvalue weighted by molar-refractivity contribution is 0.669. The van der Waals surface area contributed by atoms with Gasteiger partial charge in [-0.25, -0.2) is 9.97 Å². The van der Waals surface area contributed by atoms with Gasteiger partial charge in [0.25, 0.3) is 0 Å². The number of rotatable bonds is 3. The molecule has 0 saturated carbocycles. The fourth-order valence-corrected chi connectivity index (χ4v) is 9.55. The second-order valence-electron chi connectivity index (χ2n) is 14.8. The lowest BCUT2D eigenvalue weighted by Crippen LogP contribution is -2.29. The average Bonchev–Trinajstić information content (AvgIpc) is 3.76. The van der Waals surface area contributed by atoms with E-state index in [2.05, 4.69) is 176 Å². The number of aromatic nitrogens is 2. The van der Waals surface area contributed by atoms with Crippen LogP contribution in [0.4, 0.5) is 0 Å². The maximum absolute atomic E-state index is 6.34. The van der Waals surface area contributed by atoms with Crippen LogP contribution in [0.2, 0.25) is 0 Å². The Morgan fingerprint density at radius 1 is 0.321 bits per heavy atom. The van der Waals surface area contributed by atoms with Crippen LogP contribution in [0.5, 0.6) is 0 Å². The minimum atomic E-state index is -0.583. The zero-order valence-corrected chi connectivity index (χ0v) is 30.3. The molecule has 0 atom stereocenters. The van der Waals surface area contributed by atoms with Crippen LogP contribution < -0.4 is 0 Å². The molecular weight excluding hydrogens is 681 g/mol. The summed E-state index contributed by atoms with van der Waals surface area (Å²) in [6.07, 6.45) is 0. The number of nitrogens with zero attached hydrogens (tertiary/aromatic N) is 2. The van der Waals surface area contributed by atoms with E-state index in [1.54, 1.807) is 0 Å². The summed E-state index contributed by atoms with van der Waals surface area (Å²) in [6, 6.07) is 69.8. The Morgan fingerprint density at radius 2 is 0.821 bits per heavy atom. The molecule has 12 rings (SSSR count). The van der Waals surface area contributed by atoms with E-state index in [4.69, 9.17) is 14.4 Å². The molecule has 3 nitrogen and oxygen atoms in total. The van der Waals surface area contributed by atoms with Gasteiger partial charge in [-0.2, -0.15) is 0 Å². The molecule has 2 aliphatic carbocycles. The zero-order chi connectivity index (χ0) is 36.8. The Kier molecular flexibility index (Phi) is 6.55. The lowest BCUT2D eigenvalue weighted by atomic mass is 9.66. The molecule has 10 aromatic rings. The standard InChI is InChI=1S/C53H32N2O/c1-2-14-33(15-3-1)48-32-49(34-26-29-43-42-21-9-13-25-50(42)56-51(43)31-34)55-52(54-48)35-27-28-41-40-20-8-12-24-46(40)53(47(41)30-35)44-22-10-6-18-38(44)36-16-4-5-17-37(36)39-19-7-11-23-45(39)53/h1-32H. The van der Waals surface area contributed by atoms with Gasteiger partial charge in [0.15, 0.2) is 5.82 Å². The molecule has 2 aliphatic rings. The van der Waals surface area contributed by atoms with Crippen molar-refractivity contribution in [2.75, 3.05) is 0 Å². The summed E-state index contributed by atoms with van der Waals surface area (Å²) in [4.78, 5) is 10.7. The van der Waals surface area contributed by atoms with E-state index in [1.807, 2.05) is 18.2 Å². The van der Waals surface area contributed by atoms with Crippen LogP contribution in [0, 0.1) is 0 Å². The van der Waals surface area contributed by atoms with Crippen molar-refractivity contribution >= 4 is 21.9 Å². The van der Waals surface area contributed by atoms with Crippen molar-refractivity contribution in [2.24, 2.45) is 0 Å². The summed E-state index contributed by atoms with van der Waals surface area (Å²) in [5.41, 5.74) is 18.4. The first-order valence-corrected chi connectivity index (χ1v) is 19.2. The van der Waals surface area contributed by atoms with Crippen molar-refractivity contribution < 1.29 is 4.42 Å². The Morgan fingerprint density at radius 3 is 1.50 bits per heavy atom. The molecule has 2 aromatic heterocycles. The second kappa shape index (κ2) is 11.8. The van der Waals surface area contributed by atoms with E-state index >= 15 is 0 Å². The van der Waals surface area contributed by atoms with Crippen LogP contribution in [0.15, 0.2) is 199 Å². The predicted molar refractivity (Wildman–Crippen MR) is 227 cm³/mol. The second-order valence-corrected chi connectivity index (χ2v) is 14.8. The third kappa shape index (κ3) is 4.34. The zero-order valence-electron chi connectivity index (χ0n) is 30.3. The molecule has 0 fully saturated rings. The van der Waals surface area contributed by atoms with Gasteiger partial charge in [-0.05, 0) is 86.0 Å². The van der Waals surface area contributed by atoms with Crippen LogP contribution in [0.1, 0.15) is 22.3 Å². The Labute approximate surface area is 324 Å². The van der Waals surface area contributed by atoms with Gasteiger partial charge in [-0.15, -0.1) is 0 Å². The molecule has 0 saturated heterocycles. The maximum Gasteiger partial charge on any atom is 0.160 e. The van der Waals surface area contributed by atoms with Gasteiger partial charge in [0.05, 0.1) is 16.8 Å². The summed E-state index contributed by atoms with van der Waals surface area (Å²) in [5.74, 6) is 0.679. The molecule has 8 aromatic carbocycles. The number of para-hydroxylation sites is 1. The number of fused-ring (bicyclic) bond motifs is 15. The summed E-state index contributed by atoms with van der Waals surface area (Å²) < 4.78 is 6.34. The normalized spacial score (nSPS) is 13.1. The van der Waals surface area contributed by atoms with Gasteiger partial charge in [0.1, 0.15) is 11.2 Å². The van der Waals surface area contributed by atoms with Crippen LogP contribution >= 0.6 is 0 Å². The Bertz CT molecular complexity index is 3140. The molecular formula is C53H32N2O. The molecule has 0 bridgehead atoms. The van der Waals surface area contributed by atoms with E-state index in [9.17, 15) is 0 Å². The number of furan rings is 1. The lowest BCUT2D eigenvalue weighted by Gasteiger charge is -2.35. The third-order valence-corrected chi connectivity index (χ3v) is 11.9. The molecule has 0 radical (unpaired) electrons. The quantitative estimate of drug-likeness (QED) is 0.183. The first kappa shape index (κ1) is 31.0.